The van der Waals surface area contributed by atoms with E-state index < -0.39 is 268 Å². The Morgan fingerprint density at radius 2 is 0.653 bits per heavy atom. The Balaban J connectivity index is -0.00000226. The maximum atomic E-state index is 12.8. The third-order valence-electron chi connectivity index (χ3n) is 12.4. The maximum Gasteiger partial charge on any atom is 1.00 e. The Labute approximate surface area is 793 Å². The summed E-state index contributed by atoms with van der Waals surface area (Å²) in [7, 11) is -48.4. The molecule has 25 atom stereocenters. The SMILES string of the molecule is COC1OC(COS(=O)(=O)[O-])C(OC2OC(C(=O)[O-])C(OC3OC(COS(=O)(=O)[O-])C(OC4OC(C(=O)[O-])C(OC5OC(COS(=O)(=O)[O-])C(O)C(O)C5NS(=O)(=O)[O-])C(O)C4O)C(OS(=O)(=O)[O-])C3NS(=O)(=O)[O-])C(O)C2OS(=O)(=O)[O-])C(O)C1NS(=O)(=O)[O-].[Na+].[Na+].[Na+].[Na+].[Na+].[Na+].[Na+].[Na+].[Na+].[Na+]. The number of hydrogen-bond donors (Lipinski definition) is 9. The van der Waals surface area contributed by atoms with Crippen molar-refractivity contribution in [3.63, 3.8) is 0 Å². The van der Waals surface area contributed by atoms with Crippen molar-refractivity contribution in [2.45, 2.75) is 153 Å². The van der Waals surface area contributed by atoms with Crippen molar-refractivity contribution in [2.24, 2.45) is 0 Å². The molecule has 0 spiro atoms. The van der Waals surface area contributed by atoms with E-state index in [1.54, 1.807) is 0 Å². The Morgan fingerprint density at radius 3 is 1.04 bits per heavy atom. The van der Waals surface area contributed by atoms with Crippen LogP contribution in [0.4, 0.5) is 0 Å². The summed E-state index contributed by atoms with van der Waals surface area (Å²) in [6, 6.07) is -8.60. The summed E-state index contributed by atoms with van der Waals surface area (Å²) < 4.78 is 359. The Kier molecular flexibility index (Phi) is 57.7. The number of carboxylic acids is 2. The number of carbonyl (C=O) groups excluding carboxylic acids is 2. The second-order valence-corrected chi connectivity index (χ2v) is 27.1. The van der Waals surface area contributed by atoms with Gasteiger partial charge in [-0.05, 0) is 0 Å². The number of aliphatic hydroxyl groups is 6. The number of ether oxygens (including phenoxy) is 10. The number of carbonyl (C=O) groups is 2. The van der Waals surface area contributed by atoms with Crippen LogP contribution in [0.5, 0.6) is 0 Å². The molecule has 0 bridgehead atoms. The van der Waals surface area contributed by atoms with E-state index in [9.17, 15) is 154 Å². The van der Waals surface area contributed by atoms with E-state index in [1.165, 1.54) is 4.72 Å². The van der Waals surface area contributed by atoms with Gasteiger partial charge in [0.15, 0.2) is 68.5 Å². The van der Waals surface area contributed by atoms with Gasteiger partial charge in [-0.2, -0.15) is 0 Å². The van der Waals surface area contributed by atoms with Crippen molar-refractivity contribution in [2.75, 3.05) is 26.9 Å². The fourth-order valence-electron chi connectivity index (χ4n) is 8.93. The van der Waals surface area contributed by atoms with Gasteiger partial charge in [0.1, 0.15) is 116 Å². The first-order valence-corrected chi connectivity index (χ1v) is 34.3. The molecule has 0 aromatic carbocycles. The van der Waals surface area contributed by atoms with Gasteiger partial charge in [0.05, 0.1) is 31.8 Å². The molecule has 5 fully saturated rings. The molecule has 101 heavy (non-hydrogen) atoms. The van der Waals surface area contributed by atoms with E-state index in [1.807, 2.05) is 0 Å². The Hall–Kier alpha value is 7.26. The van der Waals surface area contributed by atoms with Gasteiger partial charge < -0.3 is 134 Å². The molecule has 0 aromatic rings. The van der Waals surface area contributed by atoms with Crippen LogP contribution in [0, 0.1) is 0 Å². The Morgan fingerprint density at radius 1 is 0.337 bits per heavy atom. The van der Waals surface area contributed by atoms with Crippen LogP contribution in [0.2, 0.25) is 0 Å². The fourth-order valence-corrected chi connectivity index (χ4v) is 12.6. The smallest absolute Gasteiger partial charge is 0.735 e. The zero-order chi connectivity index (χ0) is 69.4. The van der Waals surface area contributed by atoms with E-state index >= 15 is 0 Å². The van der Waals surface area contributed by atoms with Gasteiger partial charge in [0, 0.05) is 7.11 Å². The van der Waals surface area contributed by atoms with Crippen LogP contribution < -0.4 is 320 Å². The molecule has 0 radical (unpaired) electrons. The van der Waals surface area contributed by atoms with Crippen LogP contribution in [0.15, 0.2) is 0 Å². The third-order valence-corrected chi connectivity index (χ3v) is 16.2. The van der Waals surface area contributed by atoms with Crippen LogP contribution in [-0.2, 0) is 161 Å². The first kappa shape index (κ1) is 119. The van der Waals surface area contributed by atoms with Crippen LogP contribution in [0.25, 0.3) is 0 Å². The quantitative estimate of drug-likeness (QED) is 0.0183. The second-order valence-electron chi connectivity index (χ2n) is 18.5. The standard InChI is InChI=1S/C31H53N3O49S8.10Na/c1-69-27-9(33-85(48,49)50)13(37)17(6(74-27)3-71-88(57,58)59)76-31-22(83-91(66,67)68)16(40)21(24(81-31)26(43)44)79-29-10(34-86(51,52)53)19(82-90(63,64)65)18(7(75-29)4-72-89(60,61)62)77-30-15(39)14(38)20(23(80-30)25(41)42)78-28-8(32-84(45,46)47)12(36)11(35)5(73-28)2-70-87(54,55)56;;;;;;;;;;/h5-24,27-40H,2-4H2,1H3,(H,41,42)(H,43,44)(H,45,46,47)(H,48,49,50)(H,51,52,53)(H,54,55,56)(H,57,58,59)(H,60,61,62)(H,63,64,65)(H,66,67,68);;;;;;;;;;/q;10*+1/p-10. The zero-order valence-electron chi connectivity index (χ0n) is 53.6. The molecular formula is C31H43N3Na10O49S8. The molecule has 70 heteroatoms. The molecule has 9 N–H and O–H groups in total. The minimum Gasteiger partial charge on any atom is -0.735 e. The number of nitrogens with one attached hydrogen (secondary N) is 3. The van der Waals surface area contributed by atoms with Crippen LogP contribution in [0.3, 0.4) is 0 Å². The zero-order valence-corrected chi connectivity index (χ0v) is 80.1. The molecule has 5 aliphatic heterocycles. The van der Waals surface area contributed by atoms with Gasteiger partial charge >= 0.3 is 296 Å². The van der Waals surface area contributed by atoms with Crippen molar-refractivity contribution < 1.29 is 518 Å². The van der Waals surface area contributed by atoms with Crippen molar-refractivity contribution in [3.8, 4) is 0 Å². The predicted octanol–water partition coefficient (Wildman–Crippen LogP) is -49.1. The molecule has 0 saturated carbocycles. The van der Waals surface area contributed by atoms with Crippen LogP contribution in [-0.4, -0.2) is 327 Å². The summed E-state index contributed by atoms with van der Waals surface area (Å²) in [5, 5.41) is 92.1. The van der Waals surface area contributed by atoms with Gasteiger partial charge in [0.25, 0.3) is 0 Å². The topological polar surface area (TPSA) is 834 Å². The van der Waals surface area contributed by atoms with Crippen molar-refractivity contribution in [1.29, 1.82) is 0 Å². The molecule has 534 valence electrons. The van der Waals surface area contributed by atoms with Gasteiger partial charge in [-0.3, -0.25) is 20.9 Å². The summed E-state index contributed by atoms with van der Waals surface area (Å²) >= 11 is 0. The van der Waals surface area contributed by atoms with Crippen LogP contribution in [0.1, 0.15) is 0 Å². The molecule has 0 amide bonds. The summed E-state index contributed by atoms with van der Waals surface area (Å²) in [5.41, 5.74) is 0. The first-order chi connectivity index (χ1) is 41.2. The molecule has 5 saturated heterocycles. The van der Waals surface area contributed by atoms with Gasteiger partial charge in [-0.25, -0.2) is 81.5 Å². The summed E-state index contributed by atoms with van der Waals surface area (Å²) in [4.78, 5) is 25.5. The van der Waals surface area contributed by atoms with Gasteiger partial charge in [-0.1, -0.05) is 0 Å². The average molecular weight is 1730 g/mol. The summed E-state index contributed by atoms with van der Waals surface area (Å²) in [6.07, 6.45) is -66.6. The molecule has 5 rings (SSSR count). The van der Waals surface area contributed by atoms with Crippen molar-refractivity contribution >= 4 is 94.8 Å². The predicted molar refractivity (Wildman–Crippen MR) is 242 cm³/mol. The average Bonchev–Trinajstić information content (AvgIpc) is 0.764. The monoisotopic (exact) mass is 1730 g/mol. The normalized spacial score (nSPS) is 34.8. The number of methoxy groups -OCH3 is 1. The van der Waals surface area contributed by atoms with Crippen molar-refractivity contribution in [3.05, 3.63) is 0 Å². The maximum absolute atomic E-state index is 12.8. The molecule has 0 aliphatic carbocycles. The third kappa shape index (κ3) is 38.3. The molecule has 52 nitrogen and oxygen atoms in total. The minimum atomic E-state index is -6.68. The van der Waals surface area contributed by atoms with E-state index in [0.29, 0.717) is 7.11 Å². The van der Waals surface area contributed by atoms with Gasteiger partial charge in [0.2, 0.25) is 52.0 Å². The first-order valence-electron chi connectivity index (χ1n) is 23.4. The van der Waals surface area contributed by atoms with E-state index in [2.05, 4.69) is 20.9 Å². The fraction of sp³-hybridized carbons (Fsp3) is 0.935. The van der Waals surface area contributed by atoms with Crippen molar-refractivity contribution in [1.82, 2.24) is 14.2 Å². The number of carboxylic acid groups (broad SMARTS) is 2. The minimum absolute atomic E-state index is 0. The largest absolute Gasteiger partial charge is 1.00 e. The number of rotatable bonds is 30. The number of aliphatic carboxylic acids is 2. The Bertz CT molecular complexity index is 3530. The van der Waals surface area contributed by atoms with Crippen LogP contribution >= 0.6 is 0 Å². The second kappa shape index (κ2) is 49.0. The number of aliphatic hydroxyl groups excluding tert-OH is 6. The van der Waals surface area contributed by atoms with E-state index in [-0.39, 0.29) is 296 Å². The van der Waals surface area contributed by atoms with E-state index in [0.717, 1.165) is 9.44 Å². The molecule has 5 heterocycles. The van der Waals surface area contributed by atoms with E-state index in [4.69, 9.17) is 47.4 Å². The molecule has 0 aromatic heterocycles. The molecular weight excluding hydrogens is 1680 g/mol. The summed E-state index contributed by atoms with van der Waals surface area (Å²) in [5.74, 6) is -5.54. The summed E-state index contributed by atoms with van der Waals surface area (Å²) in [6.45, 7) is -5.44. The number of hydrogen-bond acceptors (Lipinski definition) is 49. The molecule has 5 aliphatic rings. The molecule has 25 unspecified atom stereocenters. The van der Waals surface area contributed by atoms with Gasteiger partial charge in [-0.15, -0.1) is 0 Å².